The van der Waals surface area contributed by atoms with Crippen LogP contribution in [0, 0.1) is 11.8 Å². The van der Waals surface area contributed by atoms with Crippen LogP contribution >= 0.6 is 11.3 Å². The minimum Gasteiger partial charge on any atom is -0.312 e. The van der Waals surface area contributed by atoms with Gasteiger partial charge in [-0.2, -0.15) is 0 Å². The first-order valence-electron chi connectivity index (χ1n) is 6.82. The summed E-state index contributed by atoms with van der Waals surface area (Å²) >= 11 is 1.96. The summed E-state index contributed by atoms with van der Waals surface area (Å²) in [5.74, 6) is 1.59. The monoisotopic (exact) mass is 253 g/mol. The van der Waals surface area contributed by atoms with Gasteiger partial charge in [0.05, 0.1) is 0 Å². The van der Waals surface area contributed by atoms with Crippen molar-refractivity contribution in [3.8, 4) is 0 Å². The summed E-state index contributed by atoms with van der Waals surface area (Å²) in [5.41, 5.74) is 0. The number of thiophene rings is 1. The van der Waals surface area contributed by atoms with Crippen molar-refractivity contribution in [3.63, 3.8) is 0 Å². The third-order valence-corrected chi connectivity index (χ3v) is 4.58. The molecule has 0 aromatic carbocycles. The second kappa shape index (κ2) is 7.17. The van der Waals surface area contributed by atoms with Gasteiger partial charge in [-0.3, -0.25) is 0 Å². The maximum absolute atomic E-state index is 3.47. The lowest BCUT2D eigenvalue weighted by Crippen LogP contribution is -2.18. The number of nitrogens with one attached hydrogen (secondary N) is 1. The molecule has 0 saturated carbocycles. The first kappa shape index (κ1) is 14.7. The molecule has 0 radical (unpaired) electrons. The van der Waals surface area contributed by atoms with Crippen LogP contribution in [0.15, 0.2) is 12.1 Å². The largest absolute Gasteiger partial charge is 0.312 e. The van der Waals surface area contributed by atoms with Crippen molar-refractivity contribution in [1.82, 2.24) is 5.32 Å². The predicted molar refractivity (Wildman–Crippen MR) is 78.7 cm³/mol. The molecule has 1 rings (SSSR count). The van der Waals surface area contributed by atoms with E-state index in [2.05, 4.69) is 52.2 Å². The summed E-state index contributed by atoms with van der Waals surface area (Å²) in [4.78, 5) is 3.00. The number of rotatable bonds is 7. The Labute approximate surface area is 111 Å². The topological polar surface area (TPSA) is 12.0 Å². The van der Waals surface area contributed by atoms with Crippen molar-refractivity contribution in [2.24, 2.45) is 11.8 Å². The van der Waals surface area contributed by atoms with Gasteiger partial charge in [-0.25, -0.2) is 0 Å². The fourth-order valence-electron chi connectivity index (χ4n) is 2.45. The molecule has 0 aliphatic carbocycles. The molecule has 17 heavy (non-hydrogen) atoms. The molecule has 0 fully saturated rings. The Morgan fingerprint density at radius 2 is 1.88 bits per heavy atom. The maximum atomic E-state index is 3.47. The highest BCUT2D eigenvalue weighted by Crippen LogP contribution is 2.29. The molecular weight excluding hydrogens is 226 g/mol. The van der Waals surface area contributed by atoms with Crippen LogP contribution in [0.5, 0.6) is 0 Å². The maximum Gasteiger partial charge on any atom is 0.0415 e. The zero-order valence-corrected chi connectivity index (χ0v) is 12.7. The summed E-state index contributed by atoms with van der Waals surface area (Å²) in [6.07, 6.45) is 3.73. The Bertz CT molecular complexity index is 316. The smallest absolute Gasteiger partial charge is 0.0415 e. The van der Waals surface area contributed by atoms with Gasteiger partial charge in [0.15, 0.2) is 0 Å². The molecule has 0 spiro atoms. The zero-order valence-electron chi connectivity index (χ0n) is 11.9. The molecule has 98 valence electrons. The van der Waals surface area contributed by atoms with Gasteiger partial charge in [-0.1, -0.05) is 27.7 Å². The molecule has 1 aromatic rings. The standard InChI is InChI=1S/C15H27NS/c1-6-13-7-8-15(17-13)14(16-5)10-12(4)9-11(2)3/h7-8,11-12,14,16H,6,9-10H2,1-5H3. The van der Waals surface area contributed by atoms with E-state index in [9.17, 15) is 0 Å². The zero-order chi connectivity index (χ0) is 12.8. The Morgan fingerprint density at radius 3 is 2.35 bits per heavy atom. The van der Waals surface area contributed by atoms with Gasteiger partial charge in [0.25, 0.3) is 0 Å². The molecule has 1 nitrogen and oxygen atoms in total. The van der Waals surface area contributed by atoms with Crippen LogP contribution in [-0.4, -0.2) is 7.05 Å². The van der Waals surface area contributed by atoms with Gasteiger partial charge in [-0.05, 0) is 50.3 Å². The van der Waals surface area contributed by atoms with Crippen molar-refractivity contribution < 1.29 is 0 Å². The van der Waals surface area contributed by atoms with E-state index in [0.29, 0.717) is 6.04 Å². The van der Waals surface area contributed by atoms with Crippen LogP contribution < -0.4 is 5.32 Å². The summed E-state index contributed by atoms with van der Waals surface area (Å²) in [7, 11) is 2.08. The van der Waals surface area contributed by atoms with Crippen LogP contribution in [-0.2, 0) is 6.42 Å². The van der Waals surface area contributed by atoms with E-state index < -0.39 is 0 Å². The minimum atomic E-state index is 0.536. The summed E-state index contributed by atoms with van der Waals surface area (Å²) < 4.78 is 0. The Kier molecular flexibility index (Phi) is 6.21. The van der Waals surface area contributed by atoms with Crippen LogP contribution in [0.2, 0.25) is 0 Å². The molecule has 0 amide bonds. The lowest BCUT2D eigenvalue weighted by atomic mass is 9.92. The molecule has 2 atom stereocenters. The highest BCUT2D eigenvalue weighted by molar-refractivity contribution is 7.12. The van der Waals surface area contributed by atoms with Gasteiger partial charge >= 0.3 is 0 Å². The van der Waals surface area contributed by atoms with E-state index in [1.54, 1.807) is 0 Å². The second-order valence-corrected chi connectivity index (χ2v) is 6.67. The average molecular weight is 253 g/mol. The molecule has 2 heteroatoms. The highest BCUT2D eigenvalue weighted by atomic mass is 32.1. The van der Waals surface area contributed by atoms with Crippen molar-refractivity contribution in [2.75, 3.05) is 7.05 Å². The summed E-state index contributed by atoms with van der Waals surface area (Å²) in [5, 5.41) is 3.47. The predicted octanol–water partition coefficient (Wildman–Crippen LogP) is 4.64. The molecule has 1 aromatic heterocycles. The van der Waals surface area contributed by atoms with Gasteiger partial charge < -0.3 is 5.32 Å². The van der Waals surface area contributed by atoms with Gasteiger partial charge in [0.1, 0.15) is 0 Å². The van der Waals surface area contributed by atoms with E-state index in [4.69, 9.17) is 0 Å². The van der Waals surface area contributed by atoms with Crippen LogP contribution in [0.4, 0.5) is 0 Å². The molecule has 0 aliphatic rings. The van der Waals surface area contributed by atoms with Crippen molar-refractivity contribution in [3.05, 3.63) is 21.9 Å². The van der Waals surface area contributed by atoms with Gasteiger partial charge in [0, 0.05) is 15.8 Å². The highest BCUT2D eigenvalue weighted by Gasteiger charge is 2.16. The molecular formula is C15H27NS. The summed E-state index contributed by atoms with van der Waals surface area (Å²) in [6, 6.07) is 5.11. The minimum absolute atomic E-state index is 0.536. The average Bonchev–Trinajstić information content (AvgIpc) is 2.73. The number of hydrogen-bond acceptors (Lipinski definition) is 2. The number of aryl methyl sites for hydroxylation is 1. The van der Waals surface area contributed by atoms with E-state index >= 15 is 0 Å². The first-order chi connectivity index (χ1) is 8.06. The third kappa shape index (κ3) is 4.81. The molecule has 0 bridgehead atoms. The first-order valence-corrected chi connectivity index (χ1v) is 7.64. The Balaban J connectivity index is 2.58. The Morgan fingerprint density at radius 1 is 1.18 bits per heavy atom. The number of hydrogen-bond donors (Lipinski definition) is 1. The van der Waals surface area contributed by atoms with Crippen LogP contribution in [0.25, 0.3) is 0 Å². The van der Waals surface area contributed by atoms with Crippen molar-refractivity contribution in [1.29, 1.82) is 0 Å². The van der Waals surface area contributed by atoms with Gasteiger partial charge in [0.2, 0.25) is 0 Å². The van der Waals surface area contributed by atoms with E-state index in [0.717, 1.165) is 18.3 Å². The molecule has 2 unspecified atom stereocenters. The van der Waals surface area contributed by atoms with E-state index in [1.165, 1.54) is 22.6 Å². The fourth-order valence-corrected chi connectivity index (χ4v) is 3.53. The van der Waals surface area contributed by atoms with Crippen LogP contribution in [0.3, 0.4) is 0 Å². The van der Waals surface area contributed by atoms with E-state index in [-0.39, 0.29) is 0 Å². The lowest BCUT2D eigenvalue weighted by Gasteiger charge is -2.20. The Hall–Kier alpha value is -0.340. The normalized spacial score (nSPS) is 15.2. The molecule has 1 heterocycles. The van der Waals surface area contributed by atoms with Crippen molar-refractivity contribution in [2.45, 2.75) is 53.0 Å². The van der Waals surface area contributed by atoms with E-state index in [1.807, 2.05) is 11.3 Å². The van der Waals surface area contributed by atoms with Crippen molar-refractivity contribution >= 4 is 11.3 Å². The third-order valence-electron chi connectivity index (χ3n) is 3.23. The fraction of sp³-hybridized carbons (Fsp3) is 0.733. The molecule has 0 aliphatic heterocycles. The lowest BCUT2D eigenvalue weighted by molar-refractivity contribution is 0.369. The van der Waals surface area contributed by atoms with Gasteiger partial charge in [-0.15, -0.1) is 11.3 Å². The quantitative estimate of drug-likeness (QED) is 0.746. The van der Waals surface area contributed by atoms with Crippen LogP contribution in [0.1, 0.15) is 56.3 Å². The summed E-state index contributed by atoms with van der Waals surface area (Å²) in [6.45, 7) is 9.22. The second-order valence-electron chi connectivity index (χ2n) is 5.47. The molecule has 0 saturated heterocycles. The SMILES string of the molecule is CCc1ccc(C(CC(C)CC(C)C)NC)s1. The molecule has 1 N–H and O–H groups in total.